The molecule has 0 aliphatic heterocycles. The van der Waals surface area contributed by atoms with Gasteiger partial charge < -0.3 is 0 Å². The molecule has 0 fully saturated rings. The molecule has 6 aromatic rings. The Morgan fingerprint density at radius 3 is 1.00 bits per heavy atom. The van der Waals surface area contributed by atoms with Crippen molar-refractivity contribution in [3.8, 4) is 79.9 Å². The summed E-state index contributed by atoms with van der Waals surface area (Å²) >= 11 is 0. The molecule has 4 nitrogen and oxygen atoms in total. The molecule has 0 amide bonds. The van der Waals surface area contributed by atoms with E-state index in [9.17, 15) is 29.8 Å². The number of hydrogen-bond donors (Lipinski definition) is 0. The van der Waals surface area contributed by atoms with E-state index in [0.717, 1.165) is 44.5 Å². The van der Waals surface area contributed by atoms with Crippen LogP contribution < -0.4 is 0 Å². The lowest BCUT2D eigenvalue weighted by molar-refractivity contribution is 0.627. The van der Waals surface area contributed by atoms with Crippen LogP contribution in [0.25, 0.3) is 61.2 Å². The normalized spacial score (nSPS) is 11.0. The fourth-order valence-electron chi connectivity index (χ4n) is 6.24. The van der Waals surface area contributed by atoms with E-state index in [1.54, 1.807) is 36.4 Å². The van der Waals surface area contributed by atoms with Crippen LogP contribution in [0.1, 0.15) is 22.3 Å². The average Bonchev–Trinajstić information content (AvgIpc) is 3.43. The third kappa shape index (κ3) is 5.07. The van der Waals surface area contributed by atoms with Crippen LogP contribution >= 0.6 is 0 Å². The molecule has 222 valence electrons. The molecule has 6 aromatic carbocycles. The van der Waals surface area contributed by atoms with Crippen LogP contribution in [-0.4, -0.2) is 0 Å². The molecule has 0 N–H and O–H groups in total. The number of fused-ring (bicyclic) bond motifs is 3. The summed E-state index contributed by atoms with van der Waals surface area (Å²) < 4.78 is 26.9. The van der Waals surface area contributed by atoms with Crippen LogP contribution in [0.2, 0.25) is 0 Å². The van der Waals surface area contributed by atoms with Crippen LogP contribution in [0.3, 0.4) is 0 Å². The van der Waals surface area contributed by atoms with Crippen LogP contribution in [0.15, 0.2) is 127 Å². The summed E-state index contributed by atoms with van der Waals surface area (Å²) in [4.78, 5) is 0. The van der Waals surface area contributed by atoms with E-state index in [1.165, 1.54) is 24.3 Å². The number of hydrogen-bond acceptors (Lipinski definition) is 4. The van der Waals surface area contributed by atoms with E-state index >= 15 is 0 Å². The molecular formula is C42H20F2N4. The Hall–Kier alpha value is -7.12. The fraction of sp³-hybridized carbons (Fsp3) is 0. The van der Waals surface area contributed by atoms with Crippen molar-refractivity contribution in [2.75, 3.05) is 0 Å². The lowest BCUT2D eigenvalue weighted by Gasteiger charge is -2.12. The van der Waals surface area contributed by atoms with Gasteiger partial charge in [0.2, 0.25) is 0 Å². The van der Waals surface area contributed by atoms with Crippen LogP contribution in [0, 0.1) is 57.0 Å². The third-order valence-electron chi connectivity index (χ3n) is 8.61. The summed E-state index contributed by atoms with van der Waals surface area (Å²) in [7, 11) is 0. The second kappa shape index (κ2) is 12.0. The quantitative estimate of drug-likeness (QED) is 0.183. The second-order valence-corrected chi connectivity index (χ2v) is 11.3. The summed E-state index contributed by atoms with van der Waals surface area (Å²) in [5.74, 6) is -0.632. The maximum absolute atomic E-state index is 13.5. The molecule has 0 aromatic heterocycles. The van der Waals surface area contributed by atoms with Crippen LogP contribution in [-0.2, 0) is 0 Å². The van der Waals surface area contributed by atoms with E-state index in [1.807, 2.05) is 72.8 Å². The monoisotopic (exact) mass is 618 g/mol. The standard InChI is InChI=1S/C42H20F2N4/c43-34-13-9-27(10-14-34)25-1-5-29(6-2-25)36-19-38-39-20-37(30-7-3-26(4-8-30)28-11-15-35(44)16-12-28)32(22-46)18-41(39)42(33(23-47)24-48)40(38)17-31(36)21-45/h1-20H. The van der Waals surface area contributed by atoms with Crippen molar-refractivity contribution in [1.82, 2.24) is 0 Å². The van der Waals surface area contributed by atoms with E-state index in [4.69, 9.17) is 0 Å². The van der Waals surface area contributed by atoms with Crippen LogP contribution in [0.4, 0.5) is 8.78 Å². The Morgan fingerprint density at radius 1 is 0.375 bits per heavy atom. The highest BCUT2D eigenvalue weighted by atomic mass is 19.1. The van der Waals surface area contributed by atoms with E-state index in [0.29, 0.717) is 39.0 Å². The van der Waals surface area contributed by atoms with Gasteiger partial charge in [-0.25, -0.2) is 8.78 Å². The maximum atomic E-state index is 13.5. The molecule has 1 aliphatic carbocycles. The molecule has 0 atom stereocenters. The van der Waals surface area contributed by atoms with Gasteiger partial charge in [-0.1, -0.05) is 72.8 Å². The Kier molecular flexibility index (Phi) is 7.40. The summed E-state index contributed by atoms with van der Waals surface area (Å²) in [6, 6.07) is 43.4. The van der Waals surface area contributed by atoms with Gasteiger partial charge in [-0.05, 0) is 104 Å². The van der Waals surface area contributed by atoms with Crippen molar-refractivity contribution in [3.05, 3.63) is 161 Å². The zero-order valence-electron chi connectivity index (χ0n) is 25.1. The highest BCUT2D eigenvalue weighted by molar-refractivity contribution is 6.07. The number of rotatable bonds is 4. The predicted octanol–water partition coefficient (Wildman–Crippen LogP) is 10.2. The Balaban J connectivity index is 1.38. The molecule has 0 spiro atoms. The molecule has 0 saturated carbocycles. The number of nitrogens with zero attached hydrogens (tertiary/aromatic N) is 4. The molecule has 7 rings (SSSR count). The van der Waals surface area contributed by atoms with Crippen molar-refractivity contribution in [2.45, 2.75) is 0 Å². The minimum absolute atomic E-state index is 0.115. The topological polar surface area (TPSA) is 95.2 Å². The summed E-state index contributed by atoms with van der Waals surface area (Å²) in [6.07, 6.45) is 0. The highest BCUT2D eigenvalue weighted by Crippen LogP contribution is 2.50. The van der Waals surface area contributed by atoms with E-state index < -0.39 is 0 Å². The summed E-state index contributed by atoms with van der Waals surface area (Å²) in [5, 5.41) is 40.3. The first-order valence-corrected chi connectivity index (χ1v) is 14.9. The number of halogens is 2. The zero-order valence-corrected chi connectivity index (χ0v) is 25.1. The lowest BCUT2D eigenvalue weighted by Crippen LogP contribution is -1.92. The molecule has 1 aliphatic rings. The molecule has 0 saturated heterocycles. The minimum atomic E-state index is -0.316. The van der Waals surface area contributed by atoms with Gasteiger partial charge in [0.15, 0.2) is 0 Å². The average molecular weight is 619 g/mol. The number of allylic oxidation sites excluding steroid dienone is 1. The molecule has 0 bridgehead atoms. The molecule has 0 radical (unpaired) electrons. The van der Waals surface area contributed by atoms with Crippen molar-refractivity contribution in [3.63, 3.8) is 0 Å². The number of nitriles is 4. The van der Waals surface area contributed by atoms with Crippen molar-refractivity contribution in [1.29, 1.82) is 21.0 Å². The van der Waals surface area contributed by atoms with Gasteiger partial charge in [-0.15, -0.1) is 0 Å². The van der Waals surface area contributed by atoms with Crippen LogP contribution in [0.5, 0.6) is 0 Å². The van der Waals surface area contributed by atoms with Gasteiger partial charge in [-0.2, -0.15) is 21.0 Å². The molecule has 48 heavy (non-hydrogen) atoms. The van der Waals surface area contributed by atoms with Crippen molar-refractivity contribution < 1.29 is 8.78 Å². The Bertz CT molecular complexity index is 2290. The largest absolute Gasteiger partial charge is 0.207 e. The van der Waals surface area contributed by atoms with Gasteiger partial charge in [0.25, 0.3) is 0 Å². The maximum Gasteiger partial charge on any atom is 0.138 e. The van der Waals surface area contributed by atoms with Crippen molar-refractivity contribution >= 4 is 5.57 Å². The Morgan fingerprint density at radius 2 is 0.688 bits per heavy atom. The minimum Gasteiger partial charge on any atom is -0.207 e. The highest BCUT2D eigenvalue weighted by Gasteiger charge is 2.30. The first-order chi connectivity index (χ1) is 23.4. The summed E-state index contributed by atoms with van der Waals surface area (Å²) in [6.45, 7) is 0. The smallest absolute Gasteiger partial charge is 0.138 e. The van der Waals surface area contributed by atoms with E-state index in [-0.39, 0.29) is 17.2 Å². The molecule has 0 unspecified atom stereocenters. The first kappa shape index (κ1) is 29.6. The first-order valence-electron chi connectivity index (χ1n) is 14.9. The third-order valence-corrected chi connectivity index (χ3v) is 8.61. The van der Waals surface area contributed by atoms with Crippen molar-refractivity contribution in [2.24, 2.45) is 0 Å². The van der Waals surface area contributed by atoms with Gasteiger partial charge in [-0.3, -0.25) is 0 Å². The Labute approximate surface area is 275 Å². The van der Waals surface area contributed by atoms with E-state index in [2.05, 4.69) is 12.1 Å². The molecular weight excluding hydrogens is 598 g/mol. The predicted molar refractivity (Wildman–Crippen MR) is 180 cm³/mol. The molecule has 6 heteroatoms. The lowest BCUT2D eigenvalue weighted by atomic mass is 9.91. The van der Waals surface area contributed by atoms with Gasteiger partial charge >= 0.3 is 0 Å². The molecule has 0 heterocycles. The summed E-state index contributed by atoms with van der Waals surface area (Å²) in [5.41, 5.74) is 9.98. The fourth-order valence-corrected chi connectivity index (χ4v) is 6.24. The SMILES string of the molecule is N#CC(C#N)=C1c2cc(C#N)c(-c3ccc(-c4ccc(F)cc4)cc3)cc2-c2cc(-c3ccc(-c4ccc(F)cc4)cc3)c(C#N)cc21. The van der Waals surface area contributed by atoms with Gasteiger partial charge in [0.05, 0.1) is 23.3 Å². The number of benzene rings is 6. The zero-order chi connectivity index (χ0) is 33.4. The van der Waals surface area contributed by atoms with Gasteiger partial charge in [0.1, 0.15) is 29.3 Å². The van der Waals surface area contributed by atoms with Gasteiger partial charge in [0, 0.05) is 16.7 Å². The second-order valence-electron chi connectivity index (χ2n) is 11.3.